The van der Waals surface area contributed by atoms with Crippen LogP contribution >= 0.6 is 7.14 Å². The third-order valence-corrected chi connectivity index (χ3v) is 6.83. The van der Waals surface area contributed by atoms with Crippen molar-refractivity contribution in [2.24, 2.45) is 0 Å². The predicted octanol–water partition coefficient (Wildman–Crippen LogP) is 5.61. The number of methoxy groups -OCH3 is 4. The van der Waals surface area contributed by atoms with E-state index in [-0.39, 0.29) is 0 Å². The van der Waals surface area contributed by atoms with Crippen LogP contribution in [-0.2, 0) is 4.57 Å². The second kappa shape index (κ2) is 9.07. The minimum absolute atomic E-state index is 0.541. The van der Waals surface area contributed by atoms with E-state index in [1.165, 1.54) is 0 Å². The normalized spacial score (nSPS) is 11.2. The van der Waals surface area contributed by atoms with Crippen LogP contribution < -0.4 is 24.3 Å². The minimum atomic E-state index is -2.44. The molecule has 0 amide bonds. The Morgan fingerprint density at radius 1 is 0.645 bits per heavy atom. The number of hydrogen-bond donors (Lipinski definition) is 0. The largest absolute Gasteiger partial charge is 0.496 e. The smallest absolute Gasteiger partial charge is 0.203 e. The molecule has 3 aromatic carbocycles. The molecular formula is C25H29O5P. The Morgan fingerprint density at radius 2 is 1.26 bits per heavy atom. The van der Waals surface area contributed by atoms with Crippen molar-refractivity contribution in [2.75, 3.05) is 41.8 Å². The molecule has 6 heteroatoms. The van der Waals surface area contributed by atoms with Gasteiger partial charge in [0, 0.05) is 5.30 Å². The topological polar surface area (TPSA) is 54.0 Å². The highest BCUT2D eigenvalue weighted by Gasteiger charge is 2.19. The number of rotatable bonds is 7. The van der Waals surface area contributed by atoms with Gasteiger partial charge in [0.25, 0.3) is 0 Å². The second-order valence-corrected chi connectivity index (χ2v) is 10.9. The molecule has 0 aromatic heterocycles. The Bertz CT molecular complexity index is 1120. The zero-order valence-electron chi connectivity index (χ0n) is 19.1. The van der Waals surface area contributed by atoms with Gasteiger partial charge in [-0.25, -0.2) is 0 Å². The fourth-order valence-corrected chi connectivity index (χ4v) is 4.51. The third-order valence-electron chi connectivity index (χ3n) is 5.31. The van der Waals surface area contributed by atoms with E-state index in [9.17, 15) is 4.57 Å². The van der Waals surface area contributed by atoms with Crippen LogP contribution in [0.15, 0.2) is 48.5 Å². The SMILES string of the molecule is COc1ccc(-c2cc(P(C)(C)=O)ccc2-c2cc(OC)c(OC)c(OC)c2)cc1C. The van der Waals surface area contributed by atoms with E-state index in [0.29, 0.717) is 17.2 Å². The molecule has 3 aromatic rings. The molecule has 0 bridgehead atoms. The van der Waals surface area contributed by atoms with E-state index >= 15 is 0 Å². The molecule has 0 radical (unpaired) electrons. The molecule has 0 heterocycles. The van der Waals surface area contributed by atoms with Gasteiger partial charge in [-0.2, -0.15) is 0 Å². The van der Waals surface area contributed by atoms with Crippen molar-refractivity contribution in [1.82, 2.24) is 0 Å². The molecule has 0 saturated heterocycles. The van der Waals surface area contributed by atoms with E-state index in [2.05, 4.69) is 6.07 Å². The maximum absolute atomic E-state index is 12.8. The molecule has 3 rings (SSSR count). The van der Waals surface area contributed by atoms with E-state index in [1.807, 2.05) is 49.4 Å². The Hall–Kier alpha value is -2.91. The average molecular weight is 440 g/mol. The number of ether oxygens (including phenoxy) is 4. The lowest BCUT2D eigenvalue weighted by atomic mass is 9.93. The van der Waals surface area contributed by atoms with Gasteiger partial charge in [-0.15, -0.1) is 0 Å². The van der Waals surface area contributed by atoms with Crippen molar-refractivity contribution in [2.45, 2.75) is 6.92 Å². The highest BCUT2D eigenvalue weighted by Crippen LogP contribution is 2.45. The van der Waals surface area contributed by atoms with Gasteiger partial charge in [-0.3, -0.25) is 0 Å². The molecule has 0 atom stereocenters. The molecule has 0 unspecified atom stereocenters. The lowest BCUT2D eigenvalue weighted by Gasteiger charge is -2.18. The average Bonchev–Trinajstić information content (AvgIpc) is 2.76. The van der Waals surface area contributed by atoms with Gasteiger partial charge in [-0.1, -0.05) is 18.2 Å². The summed E-state index contributed by atoms with van der Waals surface area (Å²) >= 11 is 0. The van der Waals surface area contributed by atoms with Crippen LogP contribution in [0.25, 0.3) is 22.3 Å². The summed E-state index contributed by atoms with van der Waals surface area (Å²) in [5.41, 5.74) is 4.89. The molecule has 0 N–H and O–H groups in total. The molecule has 0 aliphatic rings. The number of hydrogen-bond acceptors (Lipinski definition) is 5. The third kappa shape index (κ3) is 4.57. The monoisotopic (exact) mass is 440 g/mol. The van der Waals surface area contributed by atoms with Gasteiger partial charge in [0.15, 0.2) is 11.5 Å². The van der Waals surface area contributed by atoms with Crippen molar-refractivity contribution >= 4 is 12.4 Å². The summed E-state index contributed by atoms with van der Waals surface area (Å²) < 4.78 is 34.8. The van der Waals surface area contributed by atoms with E-state index in [4.69, 9.17) is 18.9 Å². The maximum atomic E-state index is 12.8. The van der Waals surface area contributed by atoms with Crippen LogP contribution in [0.3, 0.4) is 0 Å². The first-order valence-electron chi connectivity index (χ1n) is 9.88. The van der Waals surface area contributed by atoms with Crippen molar-refractivity contribution in [3.8, 4) is 45.3 Å². The Labute approximate surface area is 184 Å². The summed E-state index contributed by atoms with van der Waals surface area (Å²) in [7, 11) is 4.00. The highest BCUT2D eigenvalue weighted by molar-refractivity contribution is 7.70. The van der Waals surface area contributed by atoms with Gasteiger partial charge in [-0.05, 0) is 78.4 Å². The van der Waals surface area contributed by atoms with E-state index in [1.54, 1.807) is 41.8 Å². The van der Waals surface area contributed by atoms with Crippen molar-refractivity contribution in [1.29, 1.82) is 0 Å². The minimum Gasteiger partial charge on any atom is -0.496 e. The summed E-state index contributed by atoms with van der Waals surface area (Å²) in [5.74, 6) is 2.52. The highest BCUT2D eigenvalue weighted by atomic mass is 31.2. The van der Waals surface area contributed by atoms with Crippen molar-refractivity contribution in [3.05, 3.63) is 54.1 Å². The fraction of sp³-hybridized carbons (Fsp3) is 0.280. The van der Waals surface area contributed by atoms with Crippen LogP contribution in [0.2, 0.25) is 0 Å². The zero-order valence-corrected chi connectivity index (χ0v) is 20.0. The molecule has 0 saturated carbocycles. The quantitative estimate of drug-likeness (QED) is 0.447. The second-order valence-electron chi connectivity index (χ2n) is 7.68. The number of aryl methyl sites for hydroxylation is 1. The molecule has 5 nitrogen and oxygen atoms in total. The molecule has 31 heavy (non-hydrogen) atoms. The Morgan fingerprint density at radius 3 is 1.74 bits per heavy atom. The van der Waals surface area contributed by atoms with Crippen LogP contribution in [0.5, 0.6) is 23.0 Å². The first-order valence-corrected chi connectivity index (χ1v) is 12.5. The predicted molar refractivity (Wildman–Crippen MR) is 127 cm³/mol. The lowest BCUT2D eigenvalue weighted by Crippen LogP contribution is -2.04. The van der Waals surface area contributed by atoms with E-state index < -0.39 is 7.14 Å². The van der Waals surface area contributed by atoms with Gasteiger partial charge in [0.05, 0.1) is 28.4 Å². The van der Waals surface area contributed by atoms with Gasteiger partial charge >= 0.3 is 0 Å². The molecule has 0 aliphatic carbocycles. The maximum Gasteiger partial charge on any atom is 0.203 e. The summed E-state index contributed by atoms with van der Waals surface area (Å²) in [6.45, 7) is 5.57. The van der Waals surface area contributed by atoms with Crippen molar-refractivity contribution in [3.63, 3.8) is 0 Å². The van der Waals surface area contributed by atoms with Gasteiger partial charge < -0.3 is 23.5 Å². The molecule has 0 aliphatic heterocycles. The molecule has 164 valence electrons. The molecular weight excluding hydrogens is 411 g/mol. The van der Waals surface area contributed by atoms with Crippen LogP contribution in [0.1, 0.15) is 5.56 Å². The lowest BCUT2D eigenvalue weighted by molar-refractivity contribution is 0.324. The molecule has 0 fully saturated rings. The summed E-state index contributed by atoms with van der Waals surface area (Å²) in [4.78, 5) is 0. The van der Waals surface area contributed by atoms with Crippen LogP contribution in [0, 0.1) is 6.92 Å². The van der Waals surface area contributed by atoms with Crippen LogP contribution in [-0.4, -0.2) is 41.8 Å². The Balaban J connectivity index is 2.31. The van der Waals surface area contributed by atoms with Crippen LogP contribution in [0.4, 0.5) is 0 Å². The first-order chi connectivity index (χ1) is 14.7. The molecule has 0 spiro atoms. The first kappa shape index (κ1) is 22.8. The fourth-order valence-electron chi connectivity index (χ4n) is 3.64. The standard InChI is InChI=1S/C25H29O5P/c1-16-12-17(8-11-22(16)27-2)21-15-19(31(6,7)26)9-10-20(21)18-13-23(28-3)25(30-5)24(14-18)29-4/h8-15H,1-7H3. The van der Waals surface area contributed by atoms with Crippen molar-refractivity contribution < 1.29 is 23.5 Å². The number of benzene rings is 3. The van der Waals surface area contributed by atoms with Gasteiger partial charge in [0.1, 0.15) is 12.9 Å². The summed E-state index contributed by atoms with van der Waals surface area (Å²) in [6.07, 6.45) is 0. The zero-order chi connectivity index (χ0) is 22.8. The Kier molecular flexibility index (Phi) is 6.66. The summed E-state index contributed by atoms with van der Waals surface area (Å²) in [5, 5.41) is 0.826. The summed E-state index contributed by atoms with van der Waals surface area (Å²) in [6, 6.07) is 15.8. The van der Waals surface area contributed by atoms with E-state index in [0.717, 1.165) is 38.9 Å². The van der Waals surface area contributed by atoms with Gasteiger partial charge in [0.2, 0.25) is 5.75 Å².